The van der Waals surface area contributed by atoms with Crippen molar-refractivity contribution in [2.45, 2.75) is 56.0 Å². The second-order valence-corrected chi connectivity index (χ2v) is 14.6. The van der Waals surface area contributed by atoms with E-state index in [2.05, 4.69) is 63.0 Å². The lowest BCUT2D eigenvalue weighted by molar-refractivity contribution is 0.0589. The molecule has 49 heavy (non-hydrogen) atoms. The van der Waals surface area contributed by atoms with Crippen LogP contribution in [-0.2, 0) is 55.1 Å². The minimum Gasteiger partial charge on any atom is -0.493 e. The first-order valence-electron chi connectivity index (χ1n) is 16.5. The van der Waals surface area contributed by atoms with Crippen LogP contribution in [0.5, 0.6) is 5.75 Å². The van der Waals surface area contributed by atoms with Gasteiger partial charge in [-0.2, -0.15) is 10.2 Å². The van der Waals surface area contributed by atoms with Crippen LogP contribution in [0, 0.1) is 6.92 Å². The lowest BCUT2D eigenvalue weighted by atomic mass is 9.97. The Balaban J connectivity index is 1.22. The third-order valence-corrected chi connectivity index (χ3v) is 11.3. The van der Waals surface area contributed by atoms with Crippen LogP contribution in [0.15, 0.2) is 54.6 Å². The molecule has 0 radical (unpaired) electrons. The zero-order valence-electron chi connectivity index (χ0n) is 28.2. The summed E-state index contributed by atoms with van der Waals surface area (Å²) in [6.07, 6.45) is 3.34. The van der Waals surface area contributed by atoms with Gasteiger partial charge < -0.3 is 14.0 Å². The van der Waals surface area contributed by atoms with Crippen LogP contribution in [0.2, 0.25) is 5.02 Å². The fourth-order valence-corrected chi connectivity index (χ4v) is 8.72. The number of hydrogen-bond acceptors (Lipinski definition) is 6. The van der Waals surface area contributed by atoms with E-state index in [9.17, 15) is 4.79 Å². The second-order valence-electron chi connectivity index (χ2n) is 12.6. The number of aryl methyl sites for hydroxylation is 5. The summed E-state index contributed by atoms with van der Waals surface area (Å²) >= 11 is 12.5. The molecule has 6 aromatic rings. The minimum atomic E-state index is -0.364. The predicted octanol–water partition coefficient (Wildman–Crippen LogP) is 8.96. The molecule has 0 saturated carbocycles. The van der Waals surface area contributed by atoms with Crippen molar-refractivity contribution in [2.24, 2.45) is 14.1 Å². The molecular weight excluding hydrogens is 722 g/mol. The fourth-order valence-electron chi connectivity index (χ4n) is 7.22. The molecule has 1 aliphatic heterocycles. The third kappa shape index (κ3) is 6.39. The molecule has 0 unspecified atom stereocenters. The number of fused-ring (bicyclic) bond motifs is 3. The number of rotatable bonds is 12. The highest BCUT2D eigenvalue weighted by atomic mass is 79.9. The lowest BCUT2D eigenvalue weighted by Gasteiger charge is -2.12. The molecular formula is C38H39BrClN5O3S. The van der Waals surface area contributed by atoms with Crippen LogP contribution in [0.25, 0.3) is 32.8 Å². The normalized spacial score (nSPS) is 12.7. The van der Waals surface area contributed by atoms with Gasteiger partial charge in [0.05, 0.1) is 35.6 Å². The van der Waals surface area contributed by atoms with Gasteiger partial charge in [0.25, 0.3) is 0 Å². The van der Waals surface area contributed by atoms with Gasteiger partial charge in [-0.15, -0.1) is 11.8 Å². The molecule has 0 bridgehead atoms. The molecule has 0 N–H and O–H groups in total. The maximum Gasteiger partial charge on any atom is 0.354 e. The quantitative estimate of drug-likeness (QED) is 0.0705. The van der Waals surface area contributed by atoms with Crippen LogP contribution < -0.4 is 4.74 Å². The smallest absolute Gasteiger partial charge is 0.354 e. The standard InChI is InChI=1S/C38H39BrClN5O3S/c1-23-17-24-9-5-6-10-27(24)33(18-23)48-16-8-11-28-29-13-14-30(40)34(36(29)43(2)37(28)38(46)47-4)35-31(42-45-15-7-12-32(35)45)22-49-21-26-19-25(20-39)41-44(26)3/h5-6,9-10,13-14,17-19H,7-8,11-12,15-16,20-22H2,1-4H3. The average molecular weight is 761 g/mol. The number of halogens is 2. The number of carbonyl (C=O) groups is 1. The number of carbonyl (C=O) groups excluding carboxylic acids is 1. The van der Waals surface area contributed by atoms with Crippen LogP contribution in [0.1, 0.15) is 57.2 Å². The number of esters is 1. The highest BCUT2D eigenvalue weighted by molar-refractivity contribution is 9.08. The summed E-state index contributed by atoms with van der Waals surface area (Å²) in [5.41, 5.74) is 10.00. The van der Waals surface area contributed by atoms with Gasteiger partial charge in [-0.05, 0) is 67.3 Å². The molecule has 0 aliphatic carbocycles. The predicted molar refractivity (Wildman–Crippen MR) is 202 cm³/mol. The van der Waals surface area contributed by atoms with Gasteiger partial charge in [-0.25, -0.2) is 4.79 Å². The zero-order valence-corrected chi connectivity index (χ0v) is 31.3. The SMILES string of the molecule is COC(=O)c1c(CCCOc2cc(C)cc3ccccc23)c2ccc(Cl)c(-c3c(CSCc4cc(CBr)nn4C)nn4c3CCC4)c2n1C. The van der Waals surface area contributed by atoms with Gasteiger partial charge in [0, 0.05) is 70.8 Å². The van der Waals surface area contributed by atoms with Gasteiger partial charge >= 0.3 is 5.97 Å². The second kappa shape index (κ2) is 14.2. The van der Waals surface area contributed by atoms with E-state index in [1.807, 2.05) is 59.4 Å². The Kier molecular flexibility index (Phi) is 9.81. The maximum absolute atomic E-state index is 13.4. The largest absolute Gasteiger partial charge is 0.493 e. The first kappa shape index (κ1) is 33.8. The average Bonchev–Trinajstić information content (AvgIpc) is 3.85. The van der Waals surface area contributed by atoms with E-state index in [1.54, 1.807) is 0 Å². The van der Waals surface area contributed by atoms with Gasteiger partial charge in [0.2, 0.25) is 0 Å². The Morgan fingerprint density at radius 1 is 1.04 bits per heavy atom. The number of methoxy groups -OCH3 is 1. The Morgan fingerprint density at radius 3 is 2.67 bits per heavy atom. The van der Waals surface area contributed by atoms with Crippen molar-refractivity contribution < 1.29 is 14.3 Å². The van der Waals surface area contributed by atoms with Crippen LogP contribution in [-0.4, -0.2) is 43.8 Å². The molecule has 4 heterocycles. The van der Waals surface area contributed by atoms with Gasteiger partial charge in [-0.3, -0.25) is 9.36 Å². The van der Waals surface area contributed by atoms with E-state index in [4.69, 9.17) is 26.2 Å². The molecule has 7 rings (SSSR count). The topological polar surface area (TPSA) is 76.1 Å². The summed E-state index contributed by atoms with van der Waals surface area (Å²) in [7, 11) is 5.36. The van der Waals surface area contributed by atoms with Crippen molar-refractivity contribution >= 4 is 66.9 Å². The summed E-state index contributed by atoms with van der Waals surface area (Å²) in [5.74, 6) is 2.06. The molecule has 254 valence electrons. The van der Waals surface area contributed by atoms with E-state index in [0.29, 0.717) is 23.7 Å². The van der Waals surface area contributed by atoms with Gasteiger partial charge in [0.1, 0.15) is 11.4 Å². The van der Waals surface area contributed by atoms with Gasteiger partial charge in [0.15, 0.2) is 0 Å². The van der Waals surface area contributed by atoms with E-state index >= 15 is 0 Å². The molecule has 3 aromatic heterocycles. The molecule has 0 fully saturated rings. The molecule has 0 spiro atoms. The Labute approximate surface area is 303 Å². The maximum atomic E-state index is 13.4. The van der Waals surface area contributed by atoms with E-state index in [1.165, 1.54) is 18.5 Å². The Bertz CT molecular complexity index is 2200. The molecule has 0 atom stereocenters. The van der Waals surface area contributed by atoms with Crippen molar-refractivity contribution in [1.82, 2.24) is 24.1 Å². The van der Waals surface area contributed by atoms with Crippen LogP contribution >= 0.6 is 39.3 Å². The summed E-state index contributed by atoms with van der Waals surface area (Å²) in [6, 6.07) is 18.7. The minimum absolute atomic E-state index is 0.364. The Morgan fingerprint density at radius 2 is 1.88 bits per heavy atom. The number of alkyl halides is 1. The number of benzene rings is 3. The van der Waals surface area contributed by atoms with Crippen molar-refractivity contribution in [3.05, 3.63) is 99.2 Å². The highest BCUT2D eigenvalue weighted by Gasteiger charge is 2.30. The van der Waals surface area contributed by atoms with Crippen LogP contribution in [0.3, 0.4) is 0 Å². The lowest BCUT2D eigenvalue weighted by Crippen LogP contribution is -2.11. The summed E-state index contributed by atoms with van der Waals surface area (Å²) < 4.78 is 17.8. The van der Waals surface area contributed by atoms with Crippen molar-refractivity contribution in [1.29, 1.82) is 0 Å². The molecule has 0 amide bonds. The number of aromatic nitrogens is 5. The van der Waals surface area contributed by atoms with Crippen molar-refractivity contribution in [3.8, 4) is 16.9 Å². The number of thioether (sulfide) groups is 1. The Hall–Kier alpha value is -3.73. The summed E-state index contributed by atoms with van der Waals surface area (Å²) in [4.78, 5) is 13.4. The van der Waals surface area contributed by atoms with E-state index in [-0.39, 0.29) is 5.97 Å². The van der Waals surface area contributed by atoms with Gasteiger partial charge in [-0.1, -0.05) is 63.9 Å². The third-order valence-electron chi connectivity index (χ3n) is 9.40. The number of nitrogens with zero attached hydrogens (tertiary/aromatic N) is 5. The fraction of sp³-hybridized carbons (Fsp3) is 0.342. The summed E-state index contributed by atoms with van der Waals surface area (Å²) in [5, 5.41) is 14.3. The monoisotopic (exact) mass is 759 g/mol. The molecule has 3 aromatic carbocycles. The molecule has 0 saturated heterocycles. The highest BCUT2D eigenvalue weighted by Crippen LogP contribution is 2.44. The first-order chi connectivity index (χ1) is 23.8. The number of hydrogen-bond donors (Lipinski definition) is 0. The van der Waals surface area contributed by atoms with E-state index < -0.39 is 0 Å². The zero-order chi connectivity index (χ0) is 34.2. The molecule has 1 aliphatic rings. The number of ether oxygens (including phenoxy) is 2. The van der Waals surface area contributed by atoms with E-state index in [0.717, 1.165) is 104 Å². The van der Waals surface area contributed by atoms with Crippen molar-refractivity contribution in [2.75, 3.05) is 13.7 Å². The molecule has 11 heteroatoms. The van der Waals surface area contributed by atoms with Crippen molar-refractivity contribution in [3.63, 3.8) is 0 Å². The summed E-state index contributed by atoms with van der Waals surface area (Å²) in [6.45, 7) is 3.48. The van der Waals surface area contributed by atoms with Crippen LogP contribution in [0.4, 0.5) is 0 Å². The molecule has 8 nitrogen and oxygen atoms in total. The first-order valence-corrected chi connectivity index (χ1v) is 19.2.